The smallest absolute Gasteiger partial charge is 0.307 e. The lowest BCUT2D eigenvalue weighted by Gasteiger charge is -1.99. The van der Waals surface area contributed by atoms with Gasteiger partial charge in [0, 0.05) is 13.3 Å². The summed E-state index contributed by atoms with van der Waals surface area (Å²) in [7, 11) is 0. The van der Waals surface area contributed by atoms with Crippen LogP contribution in [0, 0.1) is 5.92 Å². The van der Waals surface area contributed by atoms with Gasteiger partial charge in [-0.15, -0.1) is 0 Å². The van der Waals surface area contributed by atoms with Crippen molar-refractivity contribution in [1.82, 2.24) is 0 Å². The molecule has 4 nitrogen and oxygen atoms in total. The van der Waals surface area contributed by atoms with E-state index in [0.29, 0.717) is 12.3 Å². The monoisotopic (exact) mass is 216 g/mol. The lowest BCUT2D eigenvalue weighted by atomic mass is 10.1. The van der Waals surface area contributed by atoms with Gasteiger partial charge in [-0.3, -0.25) is 9.59 Å². The second-order valence-corrected chi connectivity index (χ2v) is 3.46. The van der Waals surface area contributed by atoms with Gasteiger partial charge in [-0.25, -0.2) is 0 Å². The third-order valence-electron chi connectivity index (χ3n) is 1.42. The van der Waals surface area contributed by atoms with Gasteiger partial charge in [-0.1, -0.05) is 26.8 Å². The van der Waals surface area contributed by atoms with Crippen LogP contribution >= 0.6 is 0 Å². The second kappa shape index (κ2) is 10.8. The summed E-state index contributed by atoms with van der Waals surface area (Å²) < 4.78 is 4.17. The van der Waals surface area contributed by atoms with Gasteiger partial charge in [0.25, 0.3) is 0 Å². The van der Waals surface area contributed by atoms with Crippen molar-refractivity contribution in [3.63, 3.8) is 0 Å². The Kier molecular flexibility index (Phi) is 11.6. The van der Waals surface area contributed by atoms with Crippen LogP contribution in [0.5, 0.6) is 0 Å². The lowest BCUT2D eigenvalue weighted by Crippen LogP contribution is -1.95. The van der Waals surface area contributed by atoms with Crippen molar-refractivity contribution >= 4 is 11.9 Å². The van der Waals surface area contributed by atoms with Crippen LogP contribution in [0.25, 0.3) is 0 Å². The lowest BCUT2D eigenvalue weighted by molar-refractivity contribution is -0.137. The first-order valence-corrected chi connectivity index (χ1v) is 4.90. The van der Waals surface area contributed by atoms with E-state index < -0.39 is 5.97 Å². The maximum atomic E-state index is 9.98. The quantitative estimate of drug-likeness (QED) is 0.566. The molecule has 0 aromatic carbocycles. The van der Waals surface area contributed by atoms with Gasteiger partial charge in [0.1, 0.15) is 0 Å². The number of carboxylic acid groups (broad SMARTS) is 1. The molecule has 88 valence electrons. The van der Waals surface area contributed by atoms with Crippen molar-refractivity contribution in [2.45, 2.75) is 40.0 Å². The number of carbonyl (C=O) groups excluding carboxylic acids is 1. The predicted octanol–water partition coefficient (Wildman–Crippen LogP) is 2.59. The van der Waals surface area contributed by atoms with Gasteiger partial charge in [-0.05, 0) is 12.3 Å². The molecule has 0 atom stereocenters. The van der Waals surface area contributed by atoms with Crippen molar-refractivity contribution in [3.05, 3.63) is 12.8 Å². The highest BCUT2D eigenvalue weighted by molar-refractivity contribution is 5.66. The van der Waals surface area contributed by atoms with E-state index in [1.165, 1.54) is 6.92 Å². The number of ether oxygens (including phenoxy) is 1. The van der Waals surface area contributed by atoms with Crippen molar-refractivity contribution in [3.8, 4) is 0 Å². The van der Waals surface area contributed by atoms with Crippen LogP contribution in [0.4, 0.5) is 0 Å². The molecule has 0 bridgehead atoms. The molecule has 0 aromatic rings. The minimum Gasteiger partial charge on any atom is -0.481 e. The molecule has 0 saturated carbocycles. The van der Waals surface area contributed by atoms with Crippen molar-refractivity contribution in [2.75, 3.05) is 0 Å². The summed E-state index contributed by atoms with van der Waals surface area (Å²) in [5.41, 5.74) is 0. The van der Waals surface area contributed by atoms with Gasteiger partial charge in [0.15, 0.2) is 0 Å². The van der Waals surface area contributed by atoms with E-state index in [1.54, 1.807) is 0 Å². The number of carbonyl (C=O) groups is 2. The zero-order valence-electron chi connectivity index (χ0n) is 9.66. The molecular weight excluding hydrogens is 196 g/mol. The van der Waals surface area contributed by atoms with Crippen molar-refractivity contribution in [2.24, 2.45) is 5.92 Å². The van der Waals surface area contributed by atoms with Gasteiger partial charge in [0.05, 0.1) is 6.26 Å². The Labute approximate surface area is 90.9 Å². The summed E-state index contributed by atoms with van der Waals surface area (Å²) in [6, 6.07) is 0. The molecule has 0 spiro atoms. The van der Waals surface area contributed by atoms with Gasteiger partial charge >= 0.3 is 11.9 Å². The molecule has 15 heavy (non-hydrogen) atoms. The average molecular weight is 216 g/mol. The minimum absolute atomic E-state index is 0.318. The average Bonchev–Trinajstić information content (AvgIpc) is 2.03. The molecule has 0 aliphatic carbocycles. The largest absolute Gasteiger partial charge is 0.481 e. The van der Waals surface area contributed by atoms with Crippen LogP contribution in [-0.2, 0) is 14.3 Å². The Morgan fingerprint density at radius 2 is 2.00 bits per heavy atom. The van der Waals surface area contributed by atoms with Crippen molar-refractivity contribution < 1.29 is 19.4 Å². The summed E-state index contributed by atoms with van der Waals surface area (Å²) in [5, 5.41) is 8.23. The first kappa shape index (κ1) is 16.1. The fourth-order valence-corrected chi connectivity index (χ4v) is 0.779. The molecule has 0 unspecified atom stereocenters. The topological polar surface area (TPSA) is 63.6 Å². The first-order chi connectivity index (χ1) is 6.90. The molecule has 0 amide bonds. The van der Waals surface area contributed by atoms with Crippen LogP contribution in [0.3, 0.4) is 0 Å². The fourth-order valence-electron chi connectivity index (χ4n) is 0.779. The summed E-state index contributed by atoms with van der Waals surface area (Å²) in [4.78, 5) is 19.7. The van der Waals surface area contributed by atoms with Gasteiger partial charge in [0.2, 0.25) is 0 Å². The minimum atomic E-state index is -0.685. The maximum absolute atomic E-state index is 9.98. The molecule has 0 saturated heterocycles. The SMILES string of the molecule is C=COC(C)=O.CC(C)CCCC(=O)O. The summed E-state index contributed by atoms with van der Waals surface area (Å²) in [5.74, 6) is -0.384. The highest BCUT2D eigenvalue weighted by Crippen LogP contribution is 2.05. The highest BCUT2D eigenvalue weighted by atomic mass is 16.5. The molecule has 0 aliphatic rings. The molecule has 0 rings (SSSR count). The standard InChI is InChI=1S/C7H14O2.C4H6O2/c1-6(2)4-3-5-7(8)9;1-3-6-4(2)5/h6H,3-5H2,1-2H3,(H,8,9);3H,1H2,2H3. The van der Waals surface area contributed by atoms with Crippen molar-refractivity contribution in [1.29, 1.82) is 0 Å². The number of esters is 1. The van der Waals surface area contributed by atoms with Crippen LogP contribution < -0.4 is 0 Å². The molecule has 1 N–H and O–H groups in total. The Balaban J connectivity index is 0. The molecule has 0 aliphatic heterocycles. The molecular formula is C11H20O4. The normalized spacial score (nSPS) is 8.80. The number of hydrogen-bond acceptors (Lipinski definition) is 3. The Morgan fingerprint density at radius 1 is 1.47 bits per heavy atom. The van der Waals surface area contributed by atoms with E-state index in [-0.39, 0.29) is 5.97 Å². The van der Waals surface area contributed by atoms with E-state index in [0.717, 1.165) is 19.1 Å². The van der Waals surface area contributed by atoms with Crippen LogP contribution in [0.15, 0.2) is 12.8 Å². The van der Waals surface area contributed by atoms with E-state index in [9.17, 15) is 9.59 Å². The van der Waals surface area contributed by atoms with Crippen LogP contribution in [-0.4, -0.2) is 17.0 Å². The zero-order chi connectivity index (χ0) is 12.3. The zero-order valence-corrected chi connectivity index (χ0v) is 9.66. The highest BCUT2D eigenvalue weighted by Gasteiger charge is 1.97. The van der Waals surface area contributed by atoms with Crippen LogP contribution in [0.1, 0.15) is 40.0 Å². The number of carboxylic acids is 1. The summed E-state index contributed by atoms with van der Waals surface area (Å²) in [6.07, 6.45) is 3.25. The third kappa shape index (κ3) is 24.5. The maximum Gasteiger partial charge on any atom is 0.307 e. The number of aliphatic carboxylic acids is 1. The summed E-state index contributed by atoms with van der Waals surface area (Å²) >= 11 is 0. The molecule has 4 heteroatoms. The van der Waals surface area contributed by atoms with E-state index >= 15 is 0 Å². The summed E-state index contributed by atoms with van der Waals surface area (Å²) in [6.45, 7) is 8.68. The number of rotatable bonds is 5. The van der Waals surface area contributed by atoms with Crippen LogP contribution in [0.2, 0.25) is 0 Å². The molecule has 0 fully saturated rings. The van der Waals surface area contributed by atoms with E-state index in [1.807, 2.05) is 0 Å². The van der Waals surface area contributed by atoms with Gasteiger partial charge in [-0.2, -0.15) is 0 Å². The van der Waals surface area contributed by atoms with Gasteiger partial charge < -0.3 is 9.84 Å². The Bertz CT molecular complexity index is 197. The fraction of sp³-hybridized carbons (Fsp3) is 0.636. The molecule has 0 aromatic heterocycles. The van der Waals surface area contributed by atoms with E-state index in [4.69, 9.17) is 5.11 Å². The number of hydrogen-bond donors (Lipinski definition) is 1. The third-order valence-corrected chi connectivity index (χ3v) is 1.42. The Morgan fingerprint density at radius 3 is 2.20 bits per heavy atom. The van der Waals surface area contributed by atoms with E-state index in [2.05, 4.69) is 25.2 Å². The molecule has 0 radical (unpaired) electrons. The first-order valence-electron chi connectivity index (χ1n) is 4.90. The Hall–Kier alpha value is -1.32. The second-order valence-electron chi connectivity index (χ2n) is 3.46. The molecule has 0 heterocycles. The predicted molar refractivity (Wildman–Crippen MR) is 58.3 cm³/mol.